The predicted octanol–water partition coefficient (Wildman–Crippen LogP) is 0.796. The molecule has 132 valence electrons. The lowest BCUT2D eigenvalue weighted by molar-refractivity contribution is -0.0841. The summed E-state index contributed by atoms with van der Waals surface area (Å²) in [4.78, 5) is 2.12. The zero-order valence-corrected chi connectivity index (χ0v) is 14.0. The third-order valence-electron chi connectivity index (χ3n) is 4.03. The van der Waals surface area contributed by atoms with Crippen LogP contribution < -0.4 is 0 Å². The first-order chi connectivity index (χ1) is 11.1. The van der Waals surface area contributed by atoms with Crippen LogP contribution in [0.5, 0.6) is 0 Å². The van der Waals surface area contributed by atoms with Crippen molar-refractivity contribution in [2.45, 2.75) is 50.9 Å². The Bertz CT molecular complexity index is 401. The van der Waals surface area contributed by atoms with Crippen LogP contribution >= 0.6 is 0 Å². The fourth-order valence-electron chi connectivity index (χ4n) is 2.56. The van der Waals surface area contributed by atoms with E-state index in [9.17, 15) is 15.3 Å². The minimum absolute atomic E-state index is 0.299. The SMILES string of the molecule is CCCCN(CCCc1ccccc1)C[C@H](O)[C@@H](O)[C@H](O)CO. The van der Waals surface area contributed by atoms with Gasteiger partial charge in [0.1, 0.15) is 12.2 Å². The Morgan fingerprint density at radius 3 is 2.22 bits per heavy atom. The topological polar surface area (TPSA) is 84.2 Å². The Morgan fingerprint density at radius 2 is 1.61 bits per heavy atom. The number of hydrogen-bond acceptors (Lipinski definition) is 5. The highest BCUT2D eigenvalue weighted by molar-refractivity contribution is 5.14. The number of aliphatic hydroxyl groups excluding tert-OH is 4. The van der Waals surface area contributed by atoms with Crippen LogP contribution in [-0.4, -0.2) is 69.9 Å². The fraction of sp³-hybridized carbons (Fsp3) is 0.667. The summed E-state index contributed by atoms with van der Waals surface area (Å²) < 4.78 is 0. The van der Waals surface area contributed by atoms with Gasteiger partial charge < -0.3 is 25.3 Å². The monoisotopic (exact) mass is 325 g/mol. The second-order valence-electron chi connectivity index (χ2n) is 6.05. The lowest BCUT2D eigenvalue weighted by Crippen LogP contribution is -2.46. The van der Waals surface area contributed by atoms with Gasteiger partial charge in [-0.1, -0.05) is 43.7 Å². The number of unbranched alkanes of at least 4 members (excludes halogenated alkanes) is 1. The summed E-state index contributed by atoms with van der Waals surface area (Å²) in [5.41, 5.74) is 1.29. The van der Waals surface area contributed by atoms with E-state index >= 15 is 0 Å². The molecule has 0 fully saturated rings. The molecule has 5 heteroatoms. The molecular weight excluding hydrogens is 294 g/mol. The Balaban J connectivity index is 2.44. The molecule has 5 nitrogen and oxygen atoms in total. The summed E-state index contributed by atoms with van der Waals surface area (Å²) >= 11 is 0. The molecule has 1 rings (SSSR count). The summed E-state index contributed by atoms with van der Waals surface area (Å²) in [7, 11) is 0. The van der Waals surface area contributed by atoms with Crippen molar-refractivity contribution >= 4 is 0 Å². The van der Waals surface area contributed by atoms with E-state index in [1.165, 1.54) is 5.56 Å². The van der Waals surface area contributed by atoms with Gasteiger partial charge in [0.2, 0.25) is 0 Å². The van der Waals surface area contributed by atoms with E-state index in [1.54, 1.807) is 0 Å². The number of nitrogens with zero attached hydrogens (tertiary/aromatic N) is 1. The molecule has 0 aliphatic rings. The Morgan fingerprint density at radius 1 is 0.957 bits per heavy atom. The van der Waals surface area contributed by atoms with Crippen LogP contribution in [-0.2, 0) is 6.42 Å². The quantitative estimate of drug-likeness (QED) is 0.457. The minimum atomic E-state index is -1.32. The van der Waals surface area contributed by atoms with Gasteiger partial charge in [-0.2, -0.15) is 0 Å². The standard InChI is InChI=1S/C18H31NO4/c1-2-3-11-19(13-16(21)18(23)17(22)14-20)12-7-10-15-8-5-4-6-9-15/h4-6,8-9,16-18,20-23H,2-3,7,10-14H2,1H3/t16-,17+,18+/m0/s1. The van der Waals surface area contributed by atoms with E-state index in [1.807, 2.05) is 18.2 Å². The molecule has 0 spiro atoms. The molecule has 0 amide bonds. The second-order valence-corrected chi connectivity index (χ2v) is 6.05. The average Bonchev–Trinajstić information content (AvgIpc) is 2.58. The van der Waals surface area contributed by atoms with Crippen molar-refractivity contribution in [1.82, 2.24) is 4.90 Å². The van der Waals surface area contributed by atoms with Gasteiger partial charge in [0.25, 0.3) is 0 Å². The predicted molar refractivity (Wildman–Crippen MR) is 91.2 cm³/mol. The maximum Gasteiger partial charge on any atom is 0.109 e. The van der Waals surface area contributed by atoms with Crippen molar-refractivity contribution in [2.75, 3.05) is 26.2 Å². The molecule has 23 heavy (non-hydrogen) atoms. The molecule has 0 heterocycles. The van der Waals surface area contributed by atoms with Crippen LogP contribution in [0, 0.1) is 0 Å². The van der Waals surface area contributed by atoms with E-state index < -0.39 is 24.9 Å². The van der Waals surface area contributed by atoms with Gasteiger partial charge >= 0.3 is 0 Å². The minimum Gasteiger partial charge on any atom is -0.394 e. The van der Waals surface area contributed by atoms with Crippen molar-refractivity contribution in [3.05, 3.63) is 35.9 Å². The van der Waals surface area contributed by atoms with Crippen molar-refractivity contribution in [3.8, 4) is 0 Å². The van der Waals surface area contributed by atoms with Gasteiger partial charge in [0, 0.05) is 6.54 Å². The molecule has 0 radical (unpaired) electrons. The van der Waals surface area contributed by atoms with Gasteiger partial charge in [-0.05, 0) is 37.9 Å². The highest BCUT2D eigenvalue weighted by atomic mass is 16.4. The van der Waals surface area contributed by atoms with Crippen molar-refractivity contribution in [3.63, 3.8) is 0 Å². The summed E-state index contributed by atoms with van der Waals surface area (Å²) in [5.74, 6) is 0. The van der Waals surface area contributed by atoms with E-state index in [0.717, 1.165) is 38.8 Å². The molecule has 1 aromatic rings. The summed E-state index contributed by atoms with van der Waals surface area (Å²) in [6, 6.07) is 10.3. The smallest absolute Gasteiger partial charge is 0.109 e. The van der Waals surface area contributed by atoms with E-state index in [2.05, 4.69) is 24.0 Å². The van der Waals surface area contributed by atoms with Gasteiger partial charge in [0.15, 0.2) is 0 Å². The number of rotatable bonds is 12. The maximum atomic E-state index is 10.0. The van der Waals surface area contributed by atoms with Gasteiger partial charge in [-0.25, -0.2) is 0 Å². The number of aliphatic hydroxyl groups is 4. The zero-order valence-electron chi connectivity index (χ0n) is 14.0. The normalized spacial score (nSPS) is 15.6. The molecule has 4 N–H and O–H groups in total. The van der Waals surface area contributed by atoms with E-state index in [-0.39, 0.29) is 0 Å². The van der Waals surface area contributed by atoms with Crippen LogP contribution in [0.4, 0.5) is 0 Å². The van der Waals surface area contributed by atoms with Crippen LogP contribution in [0.2, 0.25) is 0 Å². The second kappa shape index (κ2) is 11.5. The highest BCUT2D eigenvalue weighted by Crippen LogP contribution is 2.08. The Kier molecular flexibility index (Phi) is 10.1. The molecule has 3 atom stereocenters. The first-order valence-corrected chi connectivity index (χ1v) is 8.49. The molecular formula is C18H31NO4. The first-order valence-electron chi connectivity index (χ1n) is 8.49. The van der Waals surface area contributed by atoms with Gasteiger partial charge in [-0.15, -0.1) is 0 Å². The van der Waals surface area contributed by atoms with Crippen molar-refractivity contribution < 1.29 is 20.4 Å². The van der Waals surface area contributed by atoms with Crippen LogP contribution in [0.3, 0.4) is 0 Å². The molecule has 0 aromatic heterocycles. The molecule has 0 bridgehead atoms. The molecule has 0 saturated heterocycles. The number of hydrogen-bond donors (Lipinski definition) is 4. The Labute approximate surface area is 139 Å². The fourth-order valence-corrected chi connectivity index (χ4v) is 2.56. The first kappa shape index (κ1) is 20.1. The number of aryl methyl sites for hydroxylation is 1. The van der Waals surface area contributed by atoms with Crippen molar-refractivity contribution in [2.24, 2.45) is 0 Å². The third-order valence-corrected chi connectivity index (χ3v) is 4.03. The lowest BCUT2D eigenvalue weighted by atomic mass is 10.1. The Hall–Kier alpha value is -0.980. The third kappa shape index (κ3) is 7.90. The highest BCUT2D eigenvalue weighted by Gasteiger charge is 2.25. The number of benzene rings is 1. The molecule has 1 aromatic carbocycles. The van der Waals surface area contributed by atoms with Crippen molar-refractivity contribution in [1.29, 1.82) is 0 Å². The summed E-state index contributed by atoms with van der Waals surface area (Å²) in [6.07, 6.45) is 0.343. The average molecular weight is 325 g/mol. The molecule has 0 aliphatic carbocycles. The van der Waals surface area contributed by atoms with Crippen LogP contribution in [0.1, 0.15) is 31.7 Å². The van der Waals surface area contributed by atoms with E-state index in [0.29, 0.717) is 6.54 Å². The van der Waals surface area contributed by atoms with E-state index in [4.69, 9.17) is 5.11 Å². The molecule has 0 saturated carbocycles. The largest absolute Gasteiger partial charge is 0.394 e. The zero-order chi connectivity index (χ0) is 17.1. The summed E-state index contributed by atoms with van der Waals surface area (Å²) in [5, 5.41) is 38.1. The molecule has 0 aliphatic heterocycles. The summed E-state index contributed by atoms with van der Waals surface area (Å²) in [6.45, 7) is 3.54. The van der Waals surface area contributed by atoms with Gasteiger partial charge in [0.05, 0.1) is 12.7 Å². The maximum absolute atomic E-state index is 10.0. The van der Waals surface area contributed by atoms with Gasteiger partial charge in [-0.3, -0.25) is 0 Å². The molecule has 0 unspecified atom stereocenters. The lowest BCUT2D eigenvalue weighted by Gasteiger charge is -2.28. The van der Waals surface area contributed by atoms with Crippen LogP contribution in [0.25, 0.3) is 0 Å². The van der Waals surface area contributed by atoms with Crippen LogP contribution in [0.15, 0.2) is 30.3 Å².